The molecule has 1 aliphatic rings. The number of ether oxygens (including phenoxy) is 1. The minimum atomic E-state index is -0.260. The summed E-state index contributed by atoms with van der Waals surface area (Å²) in [6.07, 6.45) is 3.19. The number of anilines is 2. The number of aliphatic hydroxyl groups excluding tert-OH is 1. The number of hydrogen-bond acceptors (Lipinski definition) is 6. The Bertz CT molecular complexity index is 542. The molecule has 2 rings (SSSR count). The van der Waals surface area contributed by atoms with Crippen LogP contribution in [0.15, 0.2) is 6.07 Å². The van der Waals surface area contributed by atoms with E-state index in [2.05, 4.69) is 15.6 Å². The average molecular weight is 306 g/mol. The molecule has 0 aliphatic carbocycles. The van der Waals surface area contributed by atoms with Crippen molar-refractivity contribution >= 4 is 23.6 Å². The molecule has 0 spiro atoms. The zero-order valence-corrected chi connectivity index (χ0v) is 12.7. The summed E-state index contributed by atoms with van der Waals surface area (Å²) in [5.41, 5.74) is 1.67. The van der Waals surface area contributed by atoms with E-state index in [-0.39, 0.29) is 12.5 Å². The lowest BCUT2D eigenvalue weighted by Crippen LogP contribution is -2.23. The van der Waals surface area contributed by atoms with Crippen molar-refractivity contribution in [1.29, 1.82) is 5.41 Å². The van der Waals surface area contributed by atoms with Crippen LogP contribution in [-0.4, -0.2) is 42.0 Å². The van der Waals surface area contributed by atoms with E-state index in [0.29, 0.717) is 28.7 Å². The molecule has 1 fully saturated rings. The molecule has 1 aliphatic heterocycles. The lowest BCUT2D eigenvalue weighted by Gasteiger charge is -2.24. The van der Waals surface area contributed by atoms with Crippen LogP contribution >= 0.6 is 0 Å². The van der Waals surface area contributed by atoms with E-state index in [9.17, 15) is 9.90 Å². The van der Waals surface area contributed by atoms with Gasteiger partial charge in [0.2, 0.25) is 5.91 Å². The van der Waals surface area contributed by atoms with Crippen LogP contribution in [-0.2, 0) is 16.1 Å². The predicted molar refractivity (Wildman–Crippen MR) is 84.4 cm³/mol. The average Bonchev–Trinajstić information content (AvgIpc) is 2.53. The number of hydrogen-bond donors (Lipinski definition) is 4. The SMILES string of the molecule is CC(=O)Nc1cc(C=N)c(NCC2CCOCC2)c(CO)n1. The van der Waals surface area contributed by atoms with Crippen molar-refractivity contribution in [3.63, 3.8) is 0 Å². The maximum absolute atomic E-state index is 11.1. The van der Waals surface area contributed by atoms with E-state index in [1.165, 1.54) is 13.1 Å². The van der Waals surface area contributed by atoms with Crippen LogP contribution in [0.3, 0.4) is 0 Å². The Hall–Kier alpha value is -1.99. The van der Waals surface area contributed by atoms with Crippen molar-refractivity contribution in [3.8, 4) is 0 Å². The zero-order chi connectivity index (χ0) is 15.9. The summed E-state index contributed by atoms with van der Waals surface area (Å²) in [6.45, 7) is 3.43. The zero-order valence-electron chi connectivity index (χ0n) is 12.7. The van der Waals surface area contributed by atoms with Crippen LogP contribution in [0, 0.1) is 11.3 Å². The monoisotopic (exact) mass is 306 g/mol. The highest BCUT2D eigenvalue weighted by atomic mass is 16.5. The first-order valence-corrected chi connectivity index (χ1v) is 7.38. The Balaban J connectivity index is 2.16. The van der Waals surface area contributed by atoms with Gasteiger partial charge in [0.25, 0.3) is 0 Å². The lowest BCUT2D eigenvalue weighted by molar-refractivity contribution is -0.114. The molecule has 0 bridgehead atoms. The van der Waals surface area contributed by atoms with E-state index < -0.39 is 0 Å². The standard InChI is InChI=1S/C15H22N4O3/c1-10(21)18-14-6-12(7-16)15(13(9-20)19-14)17-8-11-2-4-22-5-3-11/h6-7,11,16-17,20H,2-5,8-9H2,1H3,(H,18,19,21). The second kappa shape index (κ2) is 7.86. The molecule has 120 valence electrons. The minimum Gasteiger partial charge on any atom is -0.390 e. The third kappa shape index (κ3) is 4.25. The molecule has 22 heavy (non-hydrogen) atoms. The number of rotatable bonds is 6. The molecule has 1 amide bonds. The van der Waals surface area contributed by atoms with E-state index >= 15 is 0 Å². The molecule has 0 saturated carbocycles. The van der Waals surface area contributed by atoms with Crippen LogP contribution in [0.5, 0.6) is 0 Å². The molecule has 7 heteroatoms. The van der Waals surface area contributed by atoms with Gasteiger partial charge in [0.1, 0.15) is 5.82 Å². The van der Waals surface area contributed by atoms with Crippen molar-refractivity contribution in [2.45, 2.75) is 26.4 Å². The Morgan fingerprint density at radius 1 is 1.55 bits per heavy atom. The van der Waals surface area contributed by atoms with Gasteiger partial charge in [0.05, 0.1) is 18.0 Å². The highest BCUT2D eigenvalue weighted by Gasteiger charge is 2.16. The summed E-state index contributed by atoms with van der Waals surface area (Å²) >= 11 is 0. The molecule has 1 aromatic heterocycles. The first-order valence-electron chi connectivity index (χ1n) is 7.38. The van der Waals surface area contributed by atoms with Gasteiger partial charge in [0, 0.05) is 38.5 Å². The summed E-state index contributed by atoms with van der Waals surface area (Å²) < 4.78 is 5.34. The van der Waals surface area contributed by atoms with Gasteiger partial charge < -0.3 is 25.9 Å². The number of aliphatic hydroxyl groups is 1. The molecular formula is C15H22N4O3. The highest BCUT2D eigenvalue weighted by Crippen LogP contribution is 2.24. The fourth-order valence-corrected chi connectivity index (χ4v) is 2.49. The quantitative estimate of drug-likeness (QED) is 0.594. The molecule has 0 radical (unpaired) electrons. The third-order valence-corrected chi connectivity index (χ3v) is 3.64. The second-order valence-electron chi connectivity index (χ2n) is 5.34. The van der Waals surface area contributed by atoms with Gasteiger partial charge >= 0.3 is 0 Å². The first kappa shape index (κ1) is 16.4. The largest absolute Gasteiger partial charge is 0.390 e. The summed E-state index contributed by atoms with van der Waals surface area (Å²) in [7, 11) is 0. The lowest BCUT2D eigenvalue weighted by atomic mass is 10.00. The minimum absolute atomic E-state index is 0.241. The molecule has 1 aromatic rings. The Morgan fingerprint density at radius 2 is 2.27 bits per heavy atom. The number of carbonyl (C=O) groups excluding carboxylic acids is 1. The van der Waals surface area contributed by atoms with E-state index in [1.807, 2.05) is 0 Å². The van der Waals surface area contributed by atoms with Gasteiger partial charge in [-0.25, -0.2) is 4.98 Å². The van der Waals surface area contributed by atoms with Crippen LogP contribution in [0.2, 0.25) is 0 Å². The van der Waals surface area contributed by atoms with Gasteiger partial charge in [-0.2, -0.15) is 0 Å². The van der Waals surface area contributed by atoms with Gasteiger partial charge in [0.15, 0.2) is 0 Å². The first-order chi connectivity index (χ1) is 10.6. The Labute approximate surface area is 129 Å². The molecule has 0 aromatic carbocycles. The third-order valence-electron chi connectivity index (χ3n) is 3.64. The number of pyridine rings is 1. The predicted octanol–water partition coefficient (Wildman–Crippen LogP) is 1.37. The van der Waals surface area contributed by atoms with Crippen LogP contribution in [0.25, 0.3) is 0 Å². The maximum atomic E-state index is 11.1. The van der Waals surface area contributed by atoms with Gasteiger partial charge in [-0.05, 0) is 24.8 Å². The smallest absolute Gasteiger partial charge is 0.222 e. The van der Waals surface area contributed by atoms with Crippen LogP contribution in [0.4, 0.5) is 11.5 Å². The van der Waals surface area contributed by atoms with E-state index in [4.69, 9.17) is 10.1 Å². The molecule has 0 unspecified atom stereocenters. The van der Waals surface area contributed by atoms with Crippen molar-refractivity contribution in [2.75, 3.05) is 30.4 Å². The molecule has 1 saturated heterocycles. The van der Waals surface area contributed by atoms with Crippen molar-refractivity contribution in [3.05, 3.63) is 17.3 Å². The van der Waals surface area contributed by atoms with Crippen molar-refractivity contribution in [2.24, 2.45) is 5.92 Å². The van der Waals surface area contributed by atoms with Crippen molar-refractivity contribution in [1.82, 2.24) is 4.98 Å². The summed E-state index contributed by atoms with van der Waals surface area (Å²) in [5, 5.41) is 22.9. The Morgan fingerprint density at radius 3 is 2.86 bits per heavy atom. The van der Waals surface area contributed by atoms with Gasteiger partial charge in [-0.1, -0.05) is 0 Å². The van der Waals surface area contributed by atoms with Crippen LogP contribution in [0.1, 0.15) is 31.0 Å². The number of aromatic nitrogens is 1. The normalized spacial score (nSPS) is 15.4. The Kier molecular flexibility index (Phi) is 5.85. The van der Waals surface area contributed by atoms with E-state index in [1.54, 1.807) is 6.07 Å². The molecule has 0 atom stereocenters. The molecule has 4 N–H and O–H groups in total. The molecule has 2 heterocycles. The number of amides is 1. The summed E-state index contributed by atoms with van der Waals surface area (Å²) in [4.78, 5) is 15.4. The van der Waals surface area contributed by atoms with Crippen molar-refractivity contribution < 1.29 is 14.6 Å². The number of carbonyl (C=O) groups is 1. The number of nitrogens with zero attached hydrogens (tertiary/aromatic N) is 1. The fourth-order valence-electron chi connectivity index (χ4n) is 2.49. The van der Waals surface area contributed by atoms with Gasteiger partial charge in [-0.3, -0.25) is 4.79 Å². The summed E-state index contributed by atoms with van der Waals surface area (Å²) in [5.74, 6) is 0.607. The van der Waals surface area contributed by atoms with Gasteiger partial charge in [-0.15, -0.1) is 0 Å². The molecule has 7 nitrogen and oxygen atoms in total. The summed E-state index contributed by atoms with van der Waals surface area (Å²) in [6, 6.07) is 1.62. The second-order valence-corrected chi connectivity index (χ2v) is 5.34. The maximum Gasteiger partial charge on any atom is 0.222 e. The van der Waals surface area contributed by atoms with Crippen LogP contribution < -0.4 is 10.6 Å². The fraction of sp³-hybridized carbons (Fsp3) is 0.533. The number of nitrogens with one attached hydrogen (secondary N) is 3. The highest BCUT2D eigenvalue weighted by molar-refractivity contribution is 5.92. The topological polar surface area (TPSA) is 107 Å². The van der Waals surface area contributed by atoms with E-state index in [0.717, 1.165) is 32.6 Å². The molecular weight excluding hydrogens is 284 g/mol.